The van der Waals surface area contributed by atoms with Gasteiger partial charge in [0.15, 0.2) is 5.82 Å². The first-order valence-corrected chi connectivity index (χ1v) is 6.74. The van der Waals surface area contributed by atoms with Gasteiger partial charge in [0, 0.05) is 6.54 Å². The first-order valence-electron chi connectivity index (χ1n) is 6.36. The van der Waals surface area contributed by atoms with Gasteiger partial charge in [0.2, 0.25) is 0 Å². The Morgan fingerprint density at radius 1 is 1.50 bits per heavy atom. The van der Waals surface area contributed by atoms with Gasteiger partial charge in [0.1, 0.15) is 0 Å². The highest BCUT2D eigenvalue weighted by Gasteiger charge is 2.13. The zero-order valence-electron chi connectivity index (χ0n) is 11.4. The number of nitrogens with one attached hydrogen (secondary N) is 1. The van der Waals surface area contributed by atoms with Crippen LogP contribution >= 0.6 is 11.6 Å². The molecule has 6 heteroatoms. The van der Waals surface area contributed by atoms with E-state index < -0.39 is 0 Å². The molecule has 0 aliphatic rings. The third-order valence-corrected chi connectivity index (χ3v) is 3.27. The van der Waals surface area contributed by atoms with E-state index in [9.17, 15) is 0 Å². The van der Waals surface area contributed by atoms with Gasteiger partial charge in [-0.15, -0.1) is 0 Å². The smallest absolute Gasteiger partial charge is 0.152 e. The molecule has 0 radical (unpaired) electrons. The zero-order valence-corrected chi connectivity index (χ0v) is 12.2. The van der Waals surface area contributed by atoms with E-state index in [1.807, 2.05) is 11.6 Å². The van der Waals surface area contributed by atoms with E-state index in [1.54, 1.807) is 18.2 Å². The van der Waals surface area contributed by atoms with Crippen molar-refractivity contribution in [2.45, 2.75) is 26.8 Å². The maximum Gasteiger partial charge on any atom is 0.152 e. The normalized spacial score (nSPS) is 10.3. The Kier molecular flexibility index (Phi) is 4.16. The number of nitrogens with two attached hydrogens (primary N) is 1. The van der Waals surface area contributed by atoms with Crippen molar-refractivity contribution < 1.29 is 0 Å². The van der Waals surface area contributed by atoms with Gasteiger partial charge in [-0.3, -0.25) is 0 Å². The van der Waals surface area contributed by atoms with Crippen molar-refractivity contribution in [3.05, 3.63) is 34.5 Å². The van der Waals surface area contributed by atoms with Crippen LogP contribution in [0.25, 0.3) is 0 Å². The molecule has 1 aromatic heterocycles. The fraction of sp³-hybridized carbons (Fsp3) is 0.286. The van der Waals surface area contributed by atoms with Crippen LogP contribution in [0, 0.1) is 18.3 Å². The molecule has 2 aromatic rings. The van der Waals surface area contributed by atoms with Crippen LogP contribution in [0.2, 0.25) is 5.02 Å². The van der Waals surface area contributed by atoms with Crippen LogP contribution in [0.15, 0.2) is 18.2 Å². The lowest BCUT2D eigenvalue weighted by Crippen LogP contribution is -2.06. The van der Waals surface area contributed by atoms with Crippen LogP contribution in [-0.2, 0) is 6.54 Å². The van der Waals surface area contributed by atoms with E-state index in [0.717, 1.165) is 24.5 Å². The summed E-state index contributed by atoms with van der Waals surface area (Å²) >= 11 is 6.16. The molecule has 1 aromatic carbocycles. The largest absolute Gasteiger partial charge is 0.394 e. The molecular formula is C14H16ClN5. The minimum atomic E-state index is 0.477. The number of rotatable bonds is 4. The number of aromatic nitrogens is 2. The van der Waals surface area contributed by atoms with Crippen LogP contribution in [0.4, 0.5) is 17.2 Å². The maximum atomic E-state index is 8.84. The number of hydrogen-bond donors (Lipinski definition) is 2. The van der Waals surface area contributed by atoms with E-state index in [2.05, 4.69) is 23.4 Å². The maximum absolute atomic E-state index is 8.84. The highest BCUT2D eigenvalue weighted by molar-refractivity contribution is 6.33. The Hall–Kier alpha value is -2.19. The summed E-state index contributed by atoms with van der Waals surface area (Å²) in [6.07, 6.45) is 0.955. The van der Waals surface area contributed by atoms with Gasteiger partial charge in [0.25, 0.3) is 0 Å². The Morgan fingerprint density at radius 3 is 2.85 bits per heavy atom. The monoisotopic (exact) mass is 289 g/mol. The van der Waals surface area contributed by atoms with E-state index in [-0.39, 0.29) is 0 Å². The molecule has 0 atom stereocenters. The summed E-state index contributed by atoms with van der Waals surface area (Å²) in [6.45, 7) is 4.72. The molecule has 1 heterocycles. The van der Waals surface area contributed by atoms with Gasteiger partial charge < -0.3 is 11.1 Å². The average Bonchev–Trinajstić information content (AvgIpc) is 2.69. The fourth-order valence-corrected chi connectivity index (χ4v) is 2.14. The Labute approximate surface area is 123 Å². The Bertz CT molecular complexity index is 669. The van der Waals surface area contributed by atoms with Gasteiger partial charge in [-0.1, -0.05) is 18.5 Å². The van der Waals surface area contributed by atoms with Crippen LogP contribution < -0.4 is 11.1 Å². The summed E-state index contributed by atoms with van der Waals surface area (Å²) < 4.78 is 1.83. The van der Waals surface area contributed by atoms with Crippen LogP contribution in [0.3, 0.4) is 0 Å². The number of nitrogens with zero attached hydrogens (tertiary/aromatic N) is 3. The molecule has 0 spiro atoms. The van der Waals surface area contributed by atoms with Gasteiger partial charge >= 0.3 is 0 Å². The van der Waals surface area contributed by atoms with Crippen LogP contribution in [-0.4, -0.2) is 9.78 Å². The topological polar surface area (TPSA) is 79.7 Å². The van der Waals surface area contributed by atoms with Crippen molar-refractivity contribution in [3.63, 3.8) is 0 Å². The standard InChI is InChI=1S/C14H16ClN5/c1-3-6-20-14(13(17)9(2)19-20)18-12-5-4-10(8-16)7-11(12)15/h4-5,7,18H,3,6,17H2,1-2H3. The van der Waals surface area contributed by atoms with Gasteiger partial charge in [0.05, 0.1) is 33.7 Å². The van der Waals surface area contributed by atoms with E-state index >= 15 is 0 Å². The minimum Gasteiger partial charge on any atom is -0.394 e. The van der Waals surface area contributed by atoms with Gasteiger partial charge in [-0.2, -0.15) is 10.4 Å². The van der Waals surface area contributed by atoms with E-state index in [1.165, 1.54) is 0 Å². The quantitative estimate of drug-likeness (QED) is 0.903. The molecule has 2 rings (SSSR count). The second-order valence-electron chi connectivity index (χ2n) is 4.50. The molecule has 20 heavy (non-hydrogen) atoms. The Balaban J connectivity index is 2.37. The highest BCUT2D eigenvalue weighted by atomic mass is 35.5. The van der Waals surface area contributed by atoms with Crippen molar-refractivity contribution in [1.29, 1.82) is 5.26 Å². The highest BCUT2D eigenvalue weighted by Crippen LogP contribution is 2.30. The molecule has 0 unspecified atom stereocenters. The van der Waals surface area contributed by atoms with Crippen molar-refractivity contribution in [1.82, 2.24) is 9.78 Å². The second-order valence-corrected chi connectivity index (χ2v) is 4.91. The van der Waals surface area contributed by atoms with Crippen LogP contribution in [0.5, 0.6) is 0 Å². The summed E-state index contributed by atoms with van der Waals surface area (Å²) in [5, 5.41) is 16.9. The molecule has 0 aliphatic carbocycles. The van der Waals surface area contributed by atoms with Crippen molar-refractivity contribution in [3.8, 4) is 6.07 Å². The molecule has 0 aliphatic heterocycles. The van der Waals surface area contributed by atoms with Crippen molar-refractivity contribution >= 4 is 28.8 Å². The van der Waals surface area contributed by atoms with Crippen molar-refractivity contribution in [2.75, 3.05) is 11.1 Å². The summed E-state index contributed by atoms with van der Waals surface area (Å²) in [5.41, 5.74) is 8.66. The molecule has 0 amide bonds. The van der Waals surface area contributed by atoms with Gasteiger partial charge in [-0.05, 0) is 31.5 Å². The summed E-state index contributed by atoms with van der Waals surface area (Å²) in [4.78, 5) is 0. The number of halogens is 1. The lowest BCUT2D eigenvalue weighted by molar-refractivity contribution is 0.605. The zero-order chi connectivity index (χ0) is 14.7. The predicted octanol–water partition coefficient (Wildman–Crippen LogP) is 3.45. The molecular weight excluding hydrogens is 274 g/mol. The first-order chi connectivity index (χ1) is 9.56. The molecule has 3 N–H and O–H groups in total. The lowest BCUT2D eigenvalue weighted by Gasteiger charge is -2.11. The molecule has 0 fully saturated rings. The van der Waals surface area contributed by atoms with Gasteiger partial charge in [-0.25, -0.2) is 4.68 Å². The molecule has 104 valence electrons. The number of aryl methyl sites for hydroxylation is 2. The SMILES string of the molecule is CCCn1nc(C)c(N)c1Nc1ccc(C#N)cc1Cl. The fourth-order valence-electron chi connectivity index (χ4n) is 1.91. The number of benzene rings is 1. The molecule has 5 nitrogen and oxygen atoms in total. The molecule has 0 bridgehead atoms. The minimum absolute atomic E-state index is 0.477. The van der Waals surface area contributed by atoms with E-state index in [4.69, 9.17) is 22.6 Å². The number of nitriles is 1. The average molecular weight is 290 g/mol. The van der Waals surface area contributed by atoms with E-state index in [0.29, 0.717) is 22.0 Å². The summed E-state index contributed by atoms with van der Waals surface area (Å²) in [6, 6.07) is 7.14. The summed E-state index contributed by atoms with van der Waals surface area (Å²) in [5.74, 6) is 0.732. The number of hydrogen-bond acceptors (Lipinski definition) is 4. The molecule has 0 saturated heterocycles. The first kappa shape index (κ1) is 14.2. The third-order valence-electron chi connectivity index (χ3n) is 2.96. The number of nitrogen functional groups attached to an aromatic ring is 1. The Morgan fingerprint density at radius 2 is 2.25 bits per heavy atom. The summed E-state index contributed by atoms with van der Waals surface area (Å²) in [7, 11) is 0. The second kappa shape index (κ2) is 5.85. The lowest BCUT2D eigenvalue weighted by atomic mass is 10.2. The predicted molar refractivity (Wildman–Crippen MR) is 81.1 cm³/mol. The van der Waals surface area contributed by atoms with Crippen LogP contribution in [0.1, 0.15) is 24.6 Å². The molecule has 0 saturated carbocycles. The van der Waals surface area contributed by atoms with Crippen molar-refractivity contribution in [2.24, 2.45) is 0 Å². The third kappa shape index (κ3) is 2.70. The number of anilines is 3.